The Morgan fingerprint density at radius 2 is 2.05 bits per heavy atom. The molecule has 2 aromatic heterocycles. The van der Waals surface area contributed by atoms with E-state index in [4.69, 9.17) is 0 Å². The molecule has 2 unspecified atom stereocenters. The van der Waals surface area contributed by atoms with E-state index in [0.717, 1.165) is 19.5 Å². The summed E-state index contributed by atoms with van der Waals surface area (Å²) in [4.78, 5) is 31.5. The number of likely N-dealkylation sites (tertiary alicyclic amines) is 1. The summed E-state index contributed by atoms with van der Waals surface area (Å²) in [6.45, 7) is 5.72. The summed E-state index contributed by atoms with van der Waals surface area (Å²) in [5, 5.41) is 1.79. The first-order valence-corrected chi connectivity index (χ1v) is 7.68. The maximum Gasteiger partial charge on any atom is 0.271 e. The van der Waals surface area contributed by atoms with Gasteiger partial charge in [0.1, 0.15) is 5.56 Å². The largest absolute Gasteiger partial charge is 0.338 e. The minimum Gasteiger partial charge on any atom is -0.338 e. The fraction of sp³-hybridized carbons (Fsp3) is 0.500. The molecule has 5 nitrogen and oxygen atoms in total. The van der Waals surface area contributed by atoms with Crippen LogP contribution in [0.5, 0.6) is 0 Å². The minimum atomic E-state index is -0.271. The van der Waals surface area contributed by atoms with Gasteiger partial charge in [-0.3, -0.25) is 14.0 Å². The molecule has 0 bridgehead atoms. The third kappa shape index (κ3) is 2.24. The number of rotatable bonds is 1. The Hall–Kier alpha value is -1.69. The van der Waals surface area contributed by atoms with Crippen LogP contribution in [-0.4, -0.2) is 33.3 Å². The Labute approximate surface area is 120 Å². The van der Waals surface area contributed by atoms with Crippen LogP contribution < -0.4 is 5.56 Å². The normalized spacial score (nSPS) is 23.2. The lowest BCUT2D eigenvalue weighted by molar-refractivity contribution is 0.0620. The van der Waals surface area contributed by atoms with Gasteiger partial charge >= 0.3 is 0 Å². The molecule has 1 fully saturated rings. The fourth-order valence-corrected chi connectivity index (χ4v) is 3.65. The summed E-state index contributed by atoms with van der Waals surface area (Å²) in [6, 6.07) is 0. The molecule has 0 aliphatic carbocycles. The van der Waals surface area contributed by atoms with Crippen LogP contribution in [0.3, 0.4) is 0 Å². The topological polar surface area (TPSA) is 54.7 Å². The SMILES string of the molecule is CC1CC(C)CN(C(=O)c2cnc3sccn3c2=O)C1. The number of hydrogen-bond donors (Lipinski definition) is 0. The van der Waals surface area contributed by atoms with Crippen molar-refractivity contribution in [3.63, 3.8) is 0 Å². The van der Waals surface area contributed by atoms with E-state index in [1.807, 2.05) is 0 Å². The van der Waals surface area contributed by atoms with E-state index in [2.05, 4.69) is 18.8 Å². The van der Waals surface area contributed by atoms with E-state index in [9.17, 15) is 9.59 Å². The lowest BCUT2D eigenvalue weighted by Crippen LogP contribution is -2.44. The highest BCUT2D eigenvalue weighted by Gasteiger charge is 2.28. The smallest absolute Gasteiger partial charge is 0.271 e. The van der Waals surface area contributed by atoms with Crippen LogP contribution in [0.1, 0.15) is 30.6 Å². The molecule has 0 N–H and O–H groups in total. The predicted molar refractivity (Wildman–Crippen MR) is 78.2 cm³/mol. The van der Waals surface area contributed by atoms with Gasteiger partial charge in [-0.1, -0.05) is 13.8 Å². The molecule has 1 saturated heterocycles. The lowest BCUT2D eigenvalue weighted by Gasteiger charge is -2.34. The molecule has 20 heavy (non-hydrogen) atoms. The first-order chi connectivity index (χ1) is 9.56. The molecule has 1 amide bonds. The second kappa shape index (κ2) is 5.01. The number of piperidine rings is 1. The maximum atomic E-state index is 12.6. The van der Waals surface area contributed by atoms with E-state index in [1.165, 1.54) is 21.9 Å². The van der Waals surface area contributed by atoms with Gasteiger partial charge < -0.3 is 4.90 Å². The highest BCUT2D eigenvalue weighted by Crippen LogP contribution is 2.22. The molecule has 0 saturated carbocycles. The molecular weight excluding hydrogens is 274 g/mol. The van der Waals surface area contributed by atoms with Gasteiger partial charge in [-0.2, -0.15) is 0 Å². The van der Waals surface area contributed by atoms with Gasteiger partial charge in [0.25, 0.3) is 11.5 Å². The van der Waals surface area contributed by atoms with Crippen molar-refractivity contribution in [1.82, 2.24) is 14.3 Å². The van der Waals surface area contributed by atoms with E-state index < -0.39 is 0 Å². The molecule has 3 heterocycles. The van der Waals surface area contributed by atoms with Crippen molar-refractivity contribution >= 4 is 22.2 Å². The van der Waals surface area contributed by atoms with Crippen molar-refractivity contribution in [3.8, 4) is 0 Å². The molecule has 0 aromatic carbocycles. The molecule has 2 aromatic rings. The van der Waals surface area contributed by atoms with Crippen molar-refractivity contribution in [2.45, 2.75) is 20.3 Å². The molecule has 2 atom stereocenters. The molecule has 0 spiro atoms. The van der Waals surface area contributed by atoms with Crippen molar-refractivity contribution < 1.29 is 4.79 Å². The van der Waals surface area contributed by atoms with Crippen LogP contribution in [0.15, 0.2) is 22.6 Å². The van der Waals surface area contributed by atoms with E-state index in [-0.39, 0.29) is 17.0 Å². The van der Waals surface area contributed by atoms with Crippen molar-refractivity contribution in [1.29, 1.82) is 0 Å². The fourth-order valence-electron chi connectivity index (χ4n) is 2.97. The molecule has 1 aliphatic heterocycles. The third-order valence-electron chi connectivity index (χ3n) is 3.73. The molecule has 3 rings (SSSR count). The summed E-state index contributed by atoms with van der Waals surface area (Å²) in [5.41, 5.74) is -0.102. The van der Waals surface area contributed by atoms with Crippen molar-refractivity contribution in [2.75, 3.05) is 13.1 Å². The van der Waals surface area contributed by atoms with Gasteiger partial charge in [0, 0.05) is 30.9 Å². The van der Waals surface area contributed by atoms with Gasteiger partial charge in [-0.25, -0.2) is 4.98 Å². The first kappa shape index (κ1) is 13.3. The maximum absolute atomic E-state index is 12.6. The molecule has 0 radical (unpaired) electrons. The number of thiazole rings is 1. The number of fused-ring (bicyclic) bond motifs is 1. The van der Waals surface area contributed by atoms with Crippen LogP contribution in [0.25, 0.3) is 4.96 Å². The Morgan fingerprint density at radius 3 is 2.75 bits per heavy atom. The van der Waals surface area contributed by atoms with Gasteiger partial charge in [0.05, 0.1) is 0 Å². The molecular formula is C14H17N3O2S. The monoisotopic (exact) mass is 291 g/mol. The van der Waals surface area contributed by atoms with Gasteiger partial charge in [0.15, 0.2) is 4.96 Å². The quantitative estimate of drug-likeness (QED) is 0.806. The zero-order valence-electron chi connectivity index (χ0n) is 11.6. The lowest BCUT2D eigenvalue weighted by atomic mass is 9.91. The van der Waals surface area contributed by atoms with E-state index in [0.29, 0.717) is 16.8 Å². The van der Waals surface area contributed by atoms with Gasteiger partial charge in [-0.05, 0) is 18.3 Å². The Morgan fingerprint density at radius 1 is 1.35 bits per heavy atom. The zero-order valence-corrected chi connectivity index (χ0v) is 12.4. The second-order valence-electron chi connectivity index (χ2n) is 5.69. The van der Waals surface area contributed by atoms with E-state index in [1.54, 1.807) is 16.5 Å². The average molecular weight is 291 g/mol. The van der Waals surface area contributed by atoms with Crippen molar-refractivity contribution in [2.24, 2.45) is 11.8 Å². The summed E-state index contributed by atoms with van der Waals surface area (Å²) in [7, 11) is 0. The number of hydrogen-bond acceptors (Lipinski definition) is 4. The molecule has 6 heteroatoms. The predicted octanol–water partition coefficient (Wildman–Crippen LogP) is 1.87. The Balaban J connectivity index is 1.96. The summed E-state index contributed by atoms with van der Waals surface area (Å²) >= 11 is 1.39. The summed E-state index contributed by atoms with van der Waals surface area (Å²) in [5.74, 6) is 0.757. The zero-order chi connectivity index (χ0) is 14.3. The Bertz CT molecular complexity index is 696. The third-order valence-corrected chi connectivity index (χ3v) is 4.50. The summed E-state index contributed by atoms with van der Waals surface area (Å²) < 4.78 is 1.44. The van der Waals surface area contributed by atoms with Gasteiger partial charge in [0.2, 0.25) is 0 Å². The molecule has 1 aliphatic rings. The first-order valence-electron chi connectivity index (χ1n) is 6.80. The average Bonchev–Trinajstić information content (AvgIpc) is 2.86. The standard InChI is InChI=1S/C14H17N3O2S/c1-9-5-10(2)8-16(7-9)12(18)11-6-15-14-17(13(11)19)3-4-20-14/h3-4,6,9-10H,5,7-8H2,1-2H3. The Kier molecular flexibility index (Phi) is 3.33. The number of carbonyl (C=O) groups excluding carboxylic acids is 1. The number of amides is 1. The van der Waals surface area contributed by atoms with Crippen LogP contribution in [-0.2, 0) is 0 Å². The summed E-state index contributed by atoms with van der Waals surface area (Å²) in [6.07, 6.45) is 4.21. The van der Waals surface area contributed by atoms with Crippen LogP contribution >= 0.6 is 11.3 Å². The number of nitrogens with zero attached hydrogens (tertiary/aromatic N) is 3. The second-order valence-corrected chi connectivity index (χ2v) is 6.56. The molecule has 106 valence electrons. The number of aromatic nitrogens is 2. The van der Waals surface area contributed by atoms with Crippen LogP contribution in [0.4, 0.5) is 0 Å². The minimum absolute atomic E-state index is 0.169. The van der Waals surface area contributed by atoms with E-state index >= 15 is 0 Å². The highest BCUT2D eigenvalue weighted by molar-refractivity contribution is 7.15. The van der Waals surface area contributed by atoms with Crippen LogP contribution in [0, 0.1) is 11.8 Å². The van der Waals surface area contributed by atoms with Crippen molar-refractivity contribution in [3.05, 3.63) is 33.7 Å². The highest BCUT2D eigenvalue weighted by atomic mass is 32.1. The number of carbonyl (C=O) groups is 1. The van der Waals surface area contributed by atoms with Gasteiger partial charge in [-0.15, -0.1) is 11.3 Å². The van der Waals surface area contributed by atoms with Crippen LogP contribution in [0.2, 0.25) is 0 Å².